The van der Waals surface area contributed by atoms with Gasteiger partial charge in [0, 0.05) is 26.1 Å². The number of nitro benzene ring substituents is 1. The lowest BCUT2D eigenvalue weighted by Gasteiger charge is -2.13. The van der Waals surface area contributed by atoms with Crippen molar-refractivity contribution in [3.05, 3.63) is 44.4 Å². The maximum Gasteiger partial charge on any atom is 0.282 e. The molecule has 0 aliphatic carbocycles. The Morgan fingerprint density at radius 3 is 2.77 bits per heavy atom. The Hall–Kier alpha value is -3.25. The zero-order chi connectivity index (χ0) is 21.7. The number of fused-ring (bicyclic) bond motifs is 1. The highest BCUT2D eigenvalue weighted by Gasteiger charge is 2.40. The van der Waals surface area contributed by atoms with Crippen LogP contribution in [0.3, 0.4) is 0 Å². The number of aromatic nitrogens is 2. The molecule has 0 atom stereocenters. The average molecular weight is 433 g/mol. The SMILES string of the molecule is COCc1nnc(NC(=O)CCCCCN2C(=O)c3cccc([N+](=O)[O-])c3C2=O)s1. The number of hydrogen-bond acceptors (Lipinski definition) is 9. The van der Waals surface area contributed by atoms with Crippen molar-refractivity contribution in [3.63, 3.8) is 0 Å². The molecular weight excluding hydrogens is 414 g/mol. The first-order chi connectivity index (χ1) is 14.4. The summed E-state index contributed by atoms with van der Waals surface area (Å²) in [5.74, 6) is -1.38. The molecular formula is C18H19N5O6S. The standard InChI is InChI=1S/C18H19N5O6S/c1-29-10-14-20-21-18(30-14)19-13(24)8-3-2-4-9-22-16(25)11-6-5-7-12(23(27)28)15(11)17(22)26/h5-7H,2-4,8-10H2,1H3,(H,19,21,24). The fourth-order valence-corrected chi connectivity index (χ4v) is 3.80. The van der Waals surface area contributed by atoms with Crippen LogP contribution >= 0.6 is 11.3 Å². The Morgan fingerprint density at radius 2 is 2.03 bits per heavy atom. The third-order valence-electron chi connectivity index (χ3n) is 4.44. The number of hydrogen-bond donors (Lipinski definition) is 1. The zero-order valence-corrected chi connectivity index (χ0v) is 16.9. The largest absolute Gasteiger partial charge is 0.377 e. The molecule has 3 rings (SSSR count). The number of benzene rings is 1. The summed E-state index contributed by atoms with van der Waals surface area (Å²) in [5.41, 5.74) is -0.467. The van der Waals surface area contributed by atoms with Gasteiger partial charge < -0.3 is 10.1 Å². The number of anilines is 1. The van der Waals surface area contributed by atoms with Crippen LogP contribution in [-0.4, -0.2) is 51.4 Å². The molecule has 1 N–H and O–H groups in total. The number of methoxy groups -OCH3 is 1. The normalized spacial score (nSPS) is 12.9. The van der Waals surface area contributed by atoms with E-state index >= 15 is 0 Å². The molecule has 3 amide bonds. The van der Waals surface area contributed by atoms with Gasteiger partial charge in [-0.15, -0.1) is 10.2 Å². The fourth-order valence-electron chi connectivity index (χ4n) is 3.07. The zero-order valence-electron chi connectivity index (χ0n) is 16.1. The maximum absolute atomic E-state index is 12.5. The van der Waals surface area contributed by atoms with Crippen molar-refractivity contribution in [2.75, 3.05) is 19.0 Å². The van der Waals surface area contributed by atoms with Crippen LogP contribution in [0.5, 0.6) is 0 Å². The molecule has 0 unspecified atom stereocenters. The van der Waals surface area contributed by atoms with Crippen LogP contribution in [0.15, 0.2) is 18.2 Å². The summed E-state index contributed by atoms with van der Waals surface area (Å²) >= 11 is 1.24. The van der Waals surface area contributed by atoms with Gasteiger partial charge in [0.2, 0.25) is 11.0 Å². The van der Waals surface area contributed by atoms with Gasteiger partial charge in [-0.3, -0.25) is 29.4 Å². The van der Waals surface area contributed by atoms with E-state index in [1.165, 1.54) is 29.5 Å². The number of nitrogens with one attached hydrogen (secondary N) is 1. The highest BCUT2D eigenvalue weighted by Crippen LogP contribution is 2.30. The number of ether oxygens (including phenoxy) is 1. The van der Waals surface area contributed by atoms with Gasteiger partial charge in [0.15, 0.2) is 0 Å². The van der Waals surface area contributed by atoms with Gasteiger partial charge in [-0.25, -0.2) is 0 Å². The minimum atomic E-state index is -0.664. The molecule has 12 heteroatoms. The van der Waals surface area contributed by atoms with Gasteiger partial charge in [0.1, 0.15) is 17.2 Å². The molecule has 2 heterocycles. The van der Waals surface area contributed by atoms with Crippen molar-refractivity contribution in [3.8, 4) is 0 Å². The highest BCUT2D eigenvalue weighted by atomic mass is 32.1. The number of rotatable bonds is 10. The molecule has 0 spiro atoms. The Kier molecular flexibility index (Phi) is 6.79. The first-order valence-electron chi connectivity index (χ1n) is 9.17. The predicted molar refractivity (Wildman–Crippen MR) is 106 cm³/mol. The van der Waals surface area contributed by atoms with Crippen LogP contribution in [0.1, 0.15) is 51.4 Å². The molecule has 1 aromatic carbocycles. The van der Waals surface area contributed by atoms with Crippen LogP contribution in [0, 0.1) is 10.1 Å². The number of unbranched alkanes of at least 4 members (excludes halogenated alkanes) is 2. The summed E-state index contributed by atoms with van der Waals surface area (Å²) in [7, 11) is 1.54. The molecule has 0 bridgehead atoms. The Balaban J connectivity index is 1.44. The second kappa shape index (κ2) is 9.50. The molecule has 0 radical (unpaired) electrons. The van der Waals surface area contributed by atoms with Gasteiger partial charge in [-0.2, -0.15) is 0 Å². The second-order valence-electron chi connectivity index (χ2n) is 6.51. The number of carbonyl (C=O) groups is 3. The minimum absolute atomic E-state index is 0.0541. The van der Waals surface area contributed by atoms with E-state index in [1.54, 1.807) is 7.11 Å². The van der Waals surface area contributed by atoms with E-state index in [0.29, 0.717) is 36.0 Å². The monoisotopic (exact) mass is 433 g/mol. The third-order valence-corrected chi connectivity index (χ3v) is 5.25. The average Bonchev–Trinajstić information content (AvgIpc) is 3.25. The van der Waals surface area contributed by atoms with E-state index in [4.69, 9.17) is 4.74 Å². The van der Waals surface area contributed by atoms with Crippen LogP contribution in [-0.2, 0) is 16.1 Å². The number of nitro groups is 1. The lowest BCUT2D eigenvalue weighted by Crippen LogP contribution is -2.30. The fraction of sp³-hybridized carbons (Fsp3) is 0.389. The lowest BCUT2D eigenvalue weighted by molar-refractivity contribution is -0.385. The van der Waals surface area contributed by atoms with Crippen molar-refractivity contribution < 1.29 is 24.0 Å². The minimum Gasteiger partial charge on any atom is -0.377 e. The molecule has 0 saturated carbocycles. The number of nitrogens with zero attached hydrogens (tertiary/aromatic N) is 4. The van der Waals surface area contributed by atoms with Crippen molar-refractivity contribution in [2.45, 2.75) is 32.3 Å². The van der Waals surface area contributed by atoms with E-state index in [1.807, 2.05) is 0 Å². The van der Waals surface area contributed by atoms with Gasteiger partial charge >= 0.3 is 0 Å². The Morgan fingerprint density at radius 1 is 1.23 bits per heavy atom. The van der Waals surface area contributed by atoms with E-state index < -0.39 is 16.7 Å². The van der Waals surface area contributed by atoms with Crippen molar-refractivity contribution >= 4 is 39.9 Å². The van der Waals surface area contributed by atoms with Crippen LogP contribution in [0.4, 0.5) is 10.8 Å². The van der Waals surface area contributed by atoms with Crippen LogP contribution < -0.4 is 5.32 Å². The van der Waals surface area contributed by atoms with Gasteiger partial charge in [-0.1, -0.05) is 23.8 Å². The first-order valence-corrected chi connectivity index (χ1v) is 9.98. The first kappa shape index (κ1) is 21.5. The lowest BCUT2D eigenvalue weighted by atomic mass is 10.1. The van der Waals surface area contributed by atoms with Crippen LogP contribution in [0.25, 0.3) is 0 Å². The smallest absolute Gasteiger partial charge is 0.282 e. The summed E-state index contributed by atoms with van der Waals surface area (Å²) in [6.45, 7) is 0.469. The molecule has 2 aromatic rings. The Bertz CT molecular complexity index is 991. The van der Waals surface area contributed by atoms with Crippen LogP contribution in [0.2, 0.25) is 0 Å². The topological polar surface area (TPSA) is 145 Å². The van der Waals surface area contributed by atoms with Crippen molar-refractivity contribution in [1.29, 1.82) is 0 Å². The maximum atomic E-state index is 12.5. The molecule has 0 fully saturated rings. The Labute approximate surface area is 175 Å². The highest BCUT2D eigenvalue weighted by molar-refractivity contribution is 7.15. The molecule has 1 aliphatic heterocycles. The van der Waals surface area contributed by atoms with Crippen molar-refractivity contribution in [1.82, 2.24) is 15.1 Å². The second-order valence-corrected chi connectivity index (χ2v) is 7.57. The van der Waals surface area contributed by atoms with Gasteiger partial charge in [0.25, 0.3) is 17.5 Å². The van der Waals surface area contributed by atoms with E-state index in [-0.39, 0.29) is 35.7 Å². The quantitative estimate of drug-likeness (QED) is 0.260. The summed E-state index contributed by atoms with van der Waals surface area (Å²) in [6.07, 6.45) is 1.91. The number of amides is 3. The molecule has 1 aliphatic rings. The number of carbonyl (C=O) groups excluding carboxylic acids is 3. The summed E-state index contributed by atoms with van der Waals surface area (Å²) < 4.78 is 4.94. The molecule has 30 heavy (non-hydrogen) atoms. The van der Waals surface area contributed by atoms with E-state index in [9.17, 15) is 24.5 Å². The molecule has 1 aromatic heterocycles. The van der Waals surface area contributed by atoms with Gasteiger partial charge in [0.05, 0.1) is 10.5 Å². The van der Waals surface area contributed by atoms with E-state index in [0.717, 1.165) is 4.90 Å². The summed E-state index contributed by atoms with van der Waals surface area (Å²) in [4.78, 5) is 48.3. The molecule has 0 saturated heterocycles. The summed E-state index contributed by atoms with van der Waals surface area (Å²) in [5, 5.41) is 22.6. The number of imide groups is 1. The summed E-state index contributed by atoms with van der Waals surface area (Å²) in [6, 6.07) is 4.02. The van der Waals surface area contributed by atoms with Gasteiger partial charge in [-0.05, 0) is 18.9 Å². The molecule has 11 nitrogen and oxygen atoms in total. The predicted octanol–water partition coefficient (Wildman–Crippen LogP) is 2.39. The van der Waals surface area contributed by atoms with Crippen molar-refractivity contribution in [2.24, 2.45) is 0 Å². The molecule has 158 valence electrons. The third kappa shape index (κ3) is 4.66. The van der Waals surface area contributed by atoms with E-state index in [2.05, 4.69) is 15.5 Å².